The van der Waals surface area contributed by atoms with E-state index in [4.69, 9.17) is 17.3 Å². The zero-order valence-corrected chi connectivity index (χ0v) is 14.3. The first-order valence-electron chi connectivity index (χ1n) is 6.95. The Morgan fingerprint density at radius 3 is 2.55 bits per heavy atom. The van der Waals surface area contributed by atoms with Crippen LogP contribution in [0.3, 0.4) is 0 Å². The molecule has 2 N–H and O–H groups in total. The summed E-state index contributed by atoms with van der Waals surface area (Å²) in [6, 6.07) is 10.4. The number of sulfonamides is 1. The van der Waals surface area contributed by atoms with Crippen LogP contribution in [0.1, 0.15) is 12.8 Å². The molecule has 1 aliphatic rings. The third kappa shape index (κ3) is 2.84. The molecule has 0 saturated carbocycles. The second-order valence-electron chi connectivity index (χ2n) is 5.24. The molecule has 2 aromatic carbocycles. The Hall–Kier alpha value is -0.850. The Kier molecular flexibility index (Phi) is 5.35. The molecular weight excluding hydrogens is 343 g/mol. The predicted octanol–water partition coefficient (Wildman–Crippen LogP) is 3.03. The number of fused-ring (bicyclic) bond motifs is 1. The predicted molar refractivity (Wildman–Crippen MR) is 92.2 cm³/mol. The maximum absolute atomic E-state index is 13.0. The summed E-state index contributed by atoms with van der Waals surface area (Å²) >= 11 is 6.17. The average molecular weight is 361 g/mol. The molecule has 0 spiro atoms. The number of benzene rings is 2. The van der Waals surface area contributed by atoms with Gasteiger partial charge in [-0.1, -0.05) is 35.9 Å². The van der Waals surface area contributed by atoms with Gasteiger partial charge in [-0.25, -0.2) is 8.42 Å². The minimum absolute atomic E-state index is 0. The Labute approximate surface area is 141 Å². The molecule has 1 atom stereocenters. The highest BCUT2D eigenvalue weighted by Crippen LogP contribution is 2.33. The van der Waals surface area contributed by atoms with Crippen molar-refractivity contribution in [2.45, 2.75) is 23.8 Å². The Balaban J connectivity index is 0.00000176. The smallest absolute Gasteiger partial charge is 0.243 e. The fraction of sp³-hybridized carbons (Fsp3) is 0.333. The monoisotopic (exact) mass is 360 g/mol. The molecule has 2 aromatic rings. The highest BCUT2D eigenvalue weighted by molar-refractivity contribution is 7.89. The molecule has 22 heavy (non-hydrogen) atoms. The van der Waals surface area contributed by atoms with E-state index in [1.807, 2.05) is 18.2 Å². The van der Waals surface area contributed by atoms with E-state index in [0.29, 0.717) is 28.4 Å². The summed E-state index contributed by atoms with van der Waals surface area (Å²) in [5.74, 6) is 0. The van der Waals surface area contributed by atoms with Gasteiger partial charge in [0.15, 0.2) is 0 Å². The fourth-order valence-electron chi connectivity index (χ4n) is 2.95. The van der Waals surface area contributed by atoms with Crippen molar-refractivity contribution in [2.75, 3.05) is 13.1 Å². The molecule has 0 aliphatic carbocycles. The number of hydrogen-bond donors (Lipinski definition) is 1. The van der Waals surface area contributed by atoms with Gasteiger partial charge >= 0.3 is 0 Å². The van der Waals surface area contributed by atoms with Crippen LogP contribution in [0.4, 0.5) is 0 Å². The van der Waals surface area contributed by atoms with Crippen molar-refractivity contribution in [1.29, 1.82) is 0 Å². The summed E-state index contributed by atoms with van der Waals surface area (Å²) in [6.45, 7) is 0.881. The van der Waals surface area contributed by atoms with Gasteiger partial charge in [-0.3, -0.25) is 0 Å². The molecule has 3 rings (SSSR count). The zero-order valence-electron chi connectivity index (χ0n) is 11.9. The van der Waals surface area contributed by atoms with Gasteiger partial charge in [0, 0.05) is 34.9 Å². The molecule has 4 nitrogen and oxygen atoms in total. The topological polar surface area (TPSA) is 63.4 Å². The van der Waals surface area contributed by atoms with Gasteiger partial charge in [-0.2, -0.15) is 4.31 Å². The van der Waals surface area contributed by atoms with Crippen LogP contribution in [0.2, 0.25) is 5.02 Å². The zero-order chi connectivity index (χ0) is 15.0. The van der Waals surface area contributed by atoms with Gasteiger partial charge < -0.3 is 5.73 Å². The highest BCUT2D eigenvalue weighted by atomic mass is 35.5. The summed E-state index contributed by atoms with van der Waals surface area (Å²) in [5.41, 5.74) is 5.71. The molecule has 1 fully saturated rings. The molecule has 120 valence electrons. The first-order valence-corrected chi connectivity index (χ1v) is 8.76. The van der Waals surface area contributed by atoms with E-state index in [1.165, 1.54) is 4.31 Å². The summed E-state index contributed by atoms with van der Waals surface area (Å²) < 4.78 is 27.4. The van der Waals surface area contributed by atoms with Crippen molar-refractivity contribution in [3.63, 3.8) is 0 Å². The summed E-state index contributed by atoms with van der Waals surface area (Å²) in [7, 11) is -3.55. The molecule has 0 radical (unpaired) electrons. The third-order valence-corrected chi connectivity index (χ3v) is 6.35. The number of nitrogens with zero attached hydrogens (tertiary/aromatic N) is 1. The van der Waals surface area contributed by atoms with Crippen molar-refractivity contribution in [1.82, 2.24) is 4.31 Å². The lowest BCUT2D eigenvalue weighted by Crippen LogP contribution is -2.39. The lowest BCUT2D eigenvalue weighted by atomic mass is 10.1. The van der Waals surface area contributed by atoms with Gasteiger partial charge in [-0.05, 0) is 25.0 Å². The first-order chi connectivity index (χ1) is 10.1. The van der Waals surface area contributed by atoms with E-state index in [1.54, 1.807) is 18.2 Å². The molecule has 1 aliphatic heterocycles. The van der Waals surface area contributed by atoms with Crippen molar-refractivity contribution in [2.24, 2.45) is 5.73 Å². The van der Waals surface area contributed by atoms with Gasteiger partial charge in [0.25, 0.3) is 0 Å². The number of halogens is 2. The van der Waals surface area contributed by atoms with E-state index in [0.717, 1.165) is 18.2 Å². The summed E-state index contributed by atoms with van der Waals surface area (Å²) in [5, 5.41) is 1.97. The fourth-order valence-corrected chi connectivity index (χ4v) is 5.08. The van der Waals surface area contributed by atoms with Gasteiger partial charge in [-0.15, -0.1) is 12.4 Å². The average Bonchev–Trinajstić information content (AvgIpc) is 2.97. The van der Waals surface area contributed by atoms with Gasteiger partial charge in [0.1, 0.15) is 0 Å². The van der Waals surface area contributed by atoms with Gasteiger partial charge in [0.05, 0.1) is 4.90 Å². The van der Waals surface area contributed by atoms with E-state index in [-0.39, 0.29) is 18.4 Å². The SMILES string of the molecule is Cl.NCC1CCCN1S(=O)(=O)c1ccc(Cl)c2ccccc12. The molecule has 7 heteroatoms. The lowest BCUT2D eigenvalue weighted by molar-refractivity contribution is 0.393. The van der Waals surface area contributed by atoms with E-state index >= 15 is 0 Å². The van der Waals surface area contributed by atoms with Crippen LogP contribution >= 0.6 is 24.0 Å². The number of hydrogen-bond acceptors (Lipinski definition) is 3. The molecule has 1 saturated heterocycles. The molecule has 1 heterocycles. The minimum atomic E-state index is -3.55. The number of rotatable bonds is 3. The maximum Gasteiger partial charge on any atom is 0.243 e. The van der Waals surface area contributed by atoms with Crippen LogP contribution in [-0.2, 0) is 10.0 Å². The first kappa shape index (κ1) is 17.5. The van der Waals surface area contributed by atoms with Crippen LogP contribution in [0.25, 0.3) is 10.8 Å². The Morgan fingerprint density at radius 1 is 1.18 bits per heavy atom. The molecule has 0 amide bonds. The van der Waals surface area contributed by atoms with Crippen LogP contribution < -0.4 is 5.73 Å². The second-order valence-corrected chi connectivity index (χ2v) is 7.50. The Morgan fingerprint density at radius 2 is 1.86 bits per heavy atom. The van der Waals surface area contributed by atoms with Crippen LogP contribution in [0, 0.1) is 0 Å². The normalized spacial score (nSPS) is 19.3. The summed E-state index contributed by atoms with van der Waals surface area (Å²) in [6.07, 6.45) is 1.67. The van der Waals surface area contributed by atoms with Crippen LogP contribution in [-0.4, -0.2) is 31.9 Å². The molecular formula is C15H18Cl2N2O2S. The van der Waals surface area contributed by atoms with Crippen molar-refractivity contribution in [3.05, 3.63) is 41.4 Å². The van der Waals surface area contributed by atoms with Crippen LogP contribution in [0.15, 0.2) is 41.3 Å². The summed E-state index contributed by atoms with van der Waals surface area (Å²) in [4.78, 5) is 0.308. The number of nitrogens with two attached hydrogens (primary N) is 1. The second kappa shape index (κ2) is 6.72. The van der Waals surface area contributed by atoms with Gasteiger partial charge in [0.2, 0.25) is 10.0 Å². The lowest BCUT2D eigenvalue weighted by Gasteiger charge is -2.23. The molecule has 1 unspecified atom stereocenters. The Bertz CT molecular complexity index is 780. The molecule has 0 aromatic heterocycles. The van der Waals surface area contributed by atoms with Crippen LogP contribution in [0.5, 0.6) is 0 Å². The maximum atomic E-state index is 13.0. The van der Waals surface area contributed by atoms with Crippen molar-refractivity contribution >= 4 is 44.8 Å². The highest BCUT2D eigenvalue weighted by Gasteiger charge is 2.35. The minimum Gasteiger partial charge on any atom is -0.329 e. The molecule has 0 bridgehead atoms. The standard InChI is InChI=1S/C15H17ClN2O2S.ClH/c16-14-7-8-15(13-6-2-1-5-12(13)14)21(19,20)18-9-3-4-11(18)10-17;/h1-2,5-8,11H,3-4,9-10,17H2;1H. The van der Waals surface area contributed by atoms with Crippen molar-refractivity contribution in [3.8, 4) is 0 Å². The van der Waals surface area contributed by atoms with E-state index < -0.39 is 10.0 Å². The third-order valence-electron chi connectivity index (χ3n) is 4.01. The van der Waals surface area contributed by atoms with Crippen molar-refractivity contribution < 1.29 is 8.42 Å². The van der Waals surface area contributed by atoms with E-state index in [2.05, 4.69) is 0 Å². The van der Waals surface area contributed by atoms with E-state index in [9.17, 15) is 8.42 Å². The quantitative estimate of drug-likeness (QED) is 0.914. The largest absolute Gasteiger partial charge is 0.329 e.